The SMILES string of the molecule is Cc1c(-c2ccc(-c3cnc(C4CCCN4C(=O)[CH]c4ccccc4)[nH]3)nn2)nnc(-c2cnc([C@@H]3CCCN3C(=O)[CH]c3ccccc3)[nH]2)c1C. The van der Waals surface area contributed by atoms with Gasteiger partial charge < -0.3 is 19.8 Å². The van der Waals surface area contributed by atoms with E-state index in [1.807, 2.05) is 96.4 Å². The van der Waals surface area contributed by atoms with Crippen LogP contribution < -0.4 is 0 Å². The highest BCUT2D eigenvalue weighted by molar-refractivity contribution is 5.89. The predicted octanol–water partition coefficient (Wildman–Crippen LogP) is 6.16. The van der Waals surface area contributed by atoms with Gasteiger partial charge >= 0.3 is 0 Å². The number of hydrogen-bond donors (Lipinski definition) is 2. The second-order valence-corrected chi connectivity index (χ2v) is 13.3. The minimum Gasteiger partial charge on any atom is -0.339 e. The van der Waals surface area contributed by atoms with Crippen LogP contribution in [0.1, 0.15) is 71.7 Å². The van der Waals surface area contributed by atoms with Crippen molar-refractivity contribution in [3.8, 4) is 34.2 Å². The molecule has 4 aromatic heterocycles. The molecule has 2 aliphatic rings. The summed E-state index contributed by atoms with van der Waals surface area (Å²) in [5, 5.41) is 18.2. The number of amides is 2. The third-order valence-electron chi connectivity index (χ3n) is 10.0. The lowest BCUT2D eigenvalue weighted by molar-refractivity contribution is -0.129. The number of rotatable bonds is 9. The number of aromatic nitrogens is 8. The minimum absolute atomic E-state index is 0.0202. The smallest absolute Gasteiger partial charge is 0.231 e. The van der Waals surface area contributed by atoms with E-state index < -0.39 is 0 Å². The largest absolute Gasteiger partial charge is 0.339 e. The molecule has 0 spiro atoms. The van der Waals surface area contributed by atoms with E-state index in [-0.39, 0.29) is 23.9 Å². The molecule has 260 valence electrons. The quantitative estimate of drug-likeness (QED) is 0.183. The normalized spacial score (nSPS) is 17.2. The first-order valence-electron chi connectivity index (χ1n) is 17.6. The second-order valence-electron chi connectivity index (χ2n) is 13.3. The molecule has 6 aromatic rings. The summed E-state index contributed by atoms with van der Waals surface area (Å²) in [5.74, 6) is 1.44. The van der Waals surface area contributed by atoms with Crippen molar-refractivity contribution in [2.75, 3.05) is 13.1 Å². The zero-order chi connectivity index (χ0) is 35.6. The summed E-state index contributed by atoms with van der Waals surface area (Å²) in [7, 11) is 0. The summed E-state index contributed by atoms with van der Waals surface area (Å²) in [6, 6.07) is 22.8. The molecule has 2 radical (unpaired) electrons. The third kappa shape index (κ3) is 6.59. The highest BCUT2D eigenvalue weighted by Crippen LogP contribution is 2.35. The molecule has 8 rings (SSSR count). The van der Waals surface area contributed by atoms with Crippen molar-refractivity contribution in [2.24, 2.45) is 0 Å². The lowest BCUT2D eigenvalue weighted by atomic mass is 10.0. The summed E-state index contributed by atoms with van der Waals surface area (Å²) < 4.78 is 0. The van der Waals surface area contributed by atoms with Gasteiger partial charge in [0.05, 0.1) is 48.7 Å². The number of nitrogens with zero attached hydrogens (tertiary/aromatic N) is 8. The van der Waals surface area contributed by atoms with Gasteiger partial charge in [-0.3, -0.25) is 9.59 Å². The number of benzene rings is 2. The van der Waals surface area contributed by atoms with Gasteiger partial charge in [-0.2, -0.15) is 0 Å². The molecule has 1 unspecified atom stereocenters. The first-order valence-corrected chi connectivity index (χ1v) is 17.6. The van der Waals surface area contributed by atoms with E-state index in [1.54, 1.807) is 25.2 Å². The van der Waals surface area contributed by atoms with E-state index >= 15 is 0 Å². The zero-order valence-electron chi connectivity index (χ0n) is 29.0. The second kappa shape index (κ2) is 14.3. The van der Waals surface area contributed by atoms with Gasteiger partial charge in [0.15, 0.2) is 0 Å². The Bertz CT molecular complexity index is 2200. The average molecular weight is 691 g/mol. The fourth-order valence-corrected chi connectivity index (χ4v) is 7.15. The zero-order valence-corrected chi connectivity index (χ0v) is 29.0. The number of nitrogens with one attached hydrogen (secondary N) is 2. The van der Waals surface area contributed by atoms with E-state index in [4.69, 9.17) is 0 Å². The molecule has 6 heterocycles. The Kier molecular flexibility index (Phi) is 9.11. The van der Waals surface area contributed by atoms with Gasteiger partial charge in [0, 0.05) is 13.1 Å². The van der Waals surface area contributed by atoms with Gasteiger partial charge in [0.1, 0.15) is 34.4 Å². The van der Waals surface area contributed by atoms with Crippen LogP contribution >= 0.6 is 0 Å². The Morgan fingerprint density at radius 2 is 1.10 bits per heavy atom. The van der Waals surface area contributed by atoms with Crippen molar-refractivity contribution < 1.29 is 9.59 Å². The van der Waals surface area contributed by atoms with Gasteiger partial charge in [0.2, 0.25) is 11.8 Å². The van der Waals surface area contributed by atoms with Gasteiger partial charge in [0.25, 0.3) is 0 Å². The van der Waals surface area contributed by atoms with Crippen molar-refractivity contribution in [3.05, 3.63) is 132 Å². The summed E-state index contributed by atoms with van der Waals surface area (Å²) in [6.07, 6.45) is 10.4. The van der Waals surface area contributed by atoms with Gasteiger partial charge in [-0.05, 0) is 73.9 Å². The third-order valence-corrected chi connectivity index (χ3v) is 10.0. The van der Waals surface area contributed by atoms with Crippen LogP contribution in [0.2, 0.25) is 0 Å². The highest BCUT2D eigenvalue weighted by Gasteiger charge is 2.33. The van der Waals surface area contributed by atoms with E-state index in [0.29, 0.717) is 35.9 Å². The molecule has 2 N–H and O–H groups in total. The first kappa shape index (κ1) is 33.1. The number of H-pyrrole nitrogens is 2. The van der Waals surface area contributed by atoms with Crippen molar-refractivity contribution in [1.82, 2.24) is 50.1 Å². The Balaban J connectivity index is 0.952. The summed E-state index contributed by atoms with van der Waals surface area (Å²) in [6.45, 7) is 5.38. The number of imidazole rings is 2. The Morgan fingerprint density at radius 3 is 1.65 bits per heavy atom. The topological polar surface area (TPSA) is 150 Å². The lowest BCUT2D eigenvalue weighted by Gasteiger charge is -2.23. The molecule has 2 saturated heterocycles. The maximum atomic E-state index is 13.2. The Hall–Kier alpha value is -6.04. The van der Waals surface area contributed by atoms with Crippen LogP contribution in [0.25, 0.3) is 34.2 Å². The van der Waals surface area contributed by atoms with Crippen molar-refractivity contribution >= 4 is 11.8 Å². The maximum Gasteiger partial charge on any atom is 0.231 e. The molecular formula is C40H38N10O2. The number of carbonyl (C=O) groups is 2. The fraction of sp³-hybridized carbons (Fsp3) is 0.250. The number of carbonyl (C=O) groups excluding carboxylic acids is 2. The molecule has 0 saturated carbocycles. The van der Waals surface area contributed by atoms with E-state index in [2.05, 4.69) is 40.3 Å². The van der Waals surface area contributed by atoms with Gasteiger partial charge in [-0.15, -0.1) is 20.4 Å². The molecule has 2 amide bonds. The molecule has 0 bridgehead atoms. The number of likely N-dealkylation sites (tertiary alicyclic amines) is 2. The van der Waals surface area contributed by atoms with Crippen LogP contribution in [-0.4, -0.2) is 75.0 Å². The molecule has 2 aromatic carbocycles. The lowest BCUT2D eigenvalue weighted by Crippen LogP contribution is -2.31. The molecule has 52 heavy (non-hydrogen) atoms. The van der Waals surface area contributed by atoms with Gasteiger partial charge in [-0.25, -0.2) is 9.97 Å². The number of hydrogen-bond acceptors (Lipinski definition) is 8. The molecule has 2 aliphatic heterocycles. The van der Waals surface area contributed by atoms with Crippen molar-refractivity contribution in [3.63, 3.8) is 0 Å². The van der Waals surface area contributed by atoms with Crippen LogP contribution in [0.15, 0.2) is 85.2 Å². The summed E-state index contributed by atoms with van der Waals surface area (Å²) in [4.78, 5) is 46.2. The molecule has 12 nitrogen and oxygen atoms in total. The fourth-order valence-electron chi connectivity index (χ4n) is 7.15. The van der Waals surface area contributed by atoms with Crippen LogP contribution in [0, 0.1) is 26.7 Å². The minimum atomic E-state index is -0.132. The van der Waals surface area contributed by atoms with E-state index in [1.165, 1.54) is 0 Å². The molecular weight excluding hydrogens is 653 g/mol. The standard InChI is InChI=1S/C40H38N10O2/c1-25-26(2)38(32-24-42-40(44-32)34-16-10-20-50(34)36(52)22-28-13-7-4-8-14-28)48-47-37(25)30-18-17-29(45-46-30)31-23-41-39(43-31)33-15-9-19-49(33)35(51)21-27-11-5-3-6-12-27/h3-8,11-14,17-18,21-24,33-34H,9-10,15-16,19-20H2,1-2H3,(H,41,43)(H,42,44)/t33?,34-/m0/s1. The predicted molar refractivity (Wildman–Crippen MR) is 195 cm³/mol. The van der Waals surface area contributed by atoms with Crippen molar-refractivity contribution in [1.29, 1.82) is 0 Å². The summed E-state index contributed by atoms with van der Waals surface area (Å²) >= 11 is 0. The van der Waals surface area contributed by atoms with Crippen molar-refractivity contribution in [2.45, 2.75) is 51.6 Å². The number of aromatic amines is 2. The highest BCUT2D eigenvalue weighted by atomic mass is 16.2. The van der Waals surface area contributed by atoms with Crippen LogP contribution in [0.3, 0.4) is 0 Å². The molecule has 2 fully saturated rings. The molecule has 12 heteroatoms. The van der Waals surface area contributed by atoms with E-state index in [0.717, 1.165) is 71.0 Å². The Morgan fingerprint density at radius 1 is 0.615 bits per heavy atom. The van der Waals surface area contributed by atoms with Crippen LogP contribution in [0.5, 0.6) is 0 Å². The van der Waals surface area contributed by atoms with E-state index in [9.17, 15) is 9.59 Å². The maximum absolute atomic E-state index is 13.2. The molecule has 2 atom stereocenters. The van der Waals surface area contributed by atoms with Crippen LogP contribution in [0.4, 0.5) is 0 Å². The summed E-state index contributed by atoms with van der Waals surface area (Å²) in [5.41, 5.74) is 7.70. The van der Waals surface area contributed by atoms with Gasteiger partial charge in [-0.1, -0.05) is 60.7 Å². The molecule has 0 aliphatic carbocycles. The monoisotopic (exact) mass is 690 g/mol. The first-order chi connectivity index (χ1) is 25.4. The average Bonchev–Trinajstić information content (AvgIpc) is 4.01. The Labute approximate surface area is 301 Å². The van der Waals surface area contributed by atoms with Crippen LogP contribution in [-0.2, 0) is 9.59 Å².